The zero-order chi connectivity index (χ0) is 19.5. The summed E-state index contributed by atoms with van der Waals surface area (Å²) in [5.74, 6) is 0.0914. The summed E-state index contributed by atoms with van der Waals surface area (Å²) in [6.07, 6.45) is 2.02. The number of nitrogens with zero attached hydrogens (tertiary/aromatic N) is 2. The predicted octanol–water partition coefficient (Wildman–Crippen LogP) is 3.58. The van der Waals surface area contributed by atoms with E-state index in [0.29, 0.717) is 13.1 Å². The fraction of sp³-hybridized carbons (Fsp3) is 0.375. The Kier molecular flexibility index (Phi) is 3.88. The molecule has 3 aromatic rings. The van der Waals surface area contributed by atoms with E-state index < -0.39 is 0 Å². The third-order valence-electron chi connectivity index (χ3n) is 7.02. The number of aliphatic hydroxyl groups is 1. The van der Waals surface area contributed by atoms with Gasteiger partial charge in [-0.1, -0.05) is 42.5 Å². The van der Waals surface area contributed by atoms with Crippen LogP contribution in [-0.4, -0.2) is 39.7 Å². The lowest BCUT2D eigenvalue weighted by atomic mass is 9.72. The molecule has 1 atom stereocenters. The number of para-hydroxylation sites is 1. The summed E-state index contributed by atoms with van der Waals surface area (Å²) < 4.78 is 2.02. The fourth-order valence-electron chi connectivity index (χ4n) is 5.47. The van der Waals surface area contributed by atoms with Crippen LogP contribution in [0.3, 0.4) is 0 Å². The van der Waals surface area contributed by atoms with Crippen molar-refractivity contribution in [2.24, 2.45) is 7.05 Å². The number of benzene rings is 2. The molecule has 1 amide bonds. The van der Waals surface area contributed by atoms with Crippen molar-refractivity contribution in [2.75, 3.05) is 13.1 Å². The molecule has 1 N–H and O–H groups in total. The van der Waals surface area contributed by atoms with Gasteiger partial charge in [-0.2, -0.15) is 0 Å². The number of likely N-dealkylation sites (tertiary alicyclic amines) is 1. The van der Waals surface area contributed by atoms with E-state index in [4.69, 9.17) is 0 Å². The number of aromatic nitrogens is 1. The van der Waals surface area contributed by atoms with Crippen LogP contribution < -0.4 is 0 Å². The normalized spacial score (nSPS) is 20.7. The number of hydrogen-bond acceptors (Lipinski definition) is 2. The first-order valence-electron chi connectivity index (χ1n) is 10.1. The minimum Gasteiger partial charge on any atom is -0.392 e. The van der Waals surface area contributed by atoms with Crippen molar-refractivity contribution in [3.63, 3.8) is 0 Å². The maximum atomic E-state index is 13.3. The molecule has 0 unspecified atom stereocenters. The van der Waals surface area contributed by atoms with E-state index >= 15 is 0 Å². The summed E-state index contributed by atoms with van der Waals surface area (Å²) in [5.41, 5.74) is 5.41. The van der Waals surface area contributed by atoms with Crippen LogP contribution in [0.2, 0.25) is 0 Å². The number of fused-ring (bicyclic) bond motifs is 3. The Bertz CT molecular complexity index is 1070. The molecule has 1 aromatic heterocycles. The molecule has 1 fully saturated rings. The van der Waals surface area contributed by atoms with Gasteiger partial charge in [-0.15, -0.1) is 0 Å². The van der Waals surface area contributed by atoms with E-state index in [0.717, 1.165) is 35.9 Å². The van der Waals surface area contributed by atoms with Crippen molar-refractivity contribution in [2.45, 2.75) is 37.7 Å². The molecule has 2 heterocycles. The molecule has 28 heavy (non-hydrogen) atoms. The second-order valence-corrected chi connectivity index (χ2v) is 8.43. The van der Waals surface area contributed by atoms with Gasteiger partial charge in [0.15, 0.2) is 0 Å². The van der Waals surface area contributed by atoms with Crippen molar-refractivity contribution >= 4 is 16.8 Å². The largest absolute Gasteiger partial charge is 0.392 e. The van der Waals surface area contributed by atoms with E-state index in [1.54, 1.807) is 0 Å². The molecule has 1 aliphatic carbocycles. The zero-order valence-corrected chi connectivity index (χ0v) is 16.5. The predicted molar refractivity (Wildman–Crippen MR) is 111 cm³/mol. The minimum absolute atomic E-state index is 0.0914. The highest BCUT2D eigenvalue weighted by molar-refractivity contribution is 5.99. The fourth-order valence-corrected chi connectivity index (χ4v) is 5.47. The molecule has 0 radical (unpaired) electrons. The van der Waals surface area contributed by atoms with Crippen LogP contribution >= 0.6 is 0 Å². The Labute approximate surface area is 165 Å². The molecule has 1 saturated heterocycles. The summed E-state index contributed by atoms with van der Waals surface area (Å²) in [4.78, 5) is 15.2. The first kappa shape index (κ1) is 17.5. The molecule has 0 saturated carbocycles. The van der Waals surface area contributed by atoms with Crippen LogP contribution in [0.1, 0.15) is 40.0 Å². The molecule has 0 bridgehead atoms. The number of aryl methyl sites for hydroxylation is 2. The summed E-state index contributed by atoms with van der Waals surface area (Å²) >= 11 is 0. The van der Waals surface area contributed by atoms with Crippen LogP contribution in [0.25, 0.3) is 10.9 Å². The number of aliphatic hydroxyl groups excluding tert-OH is 1. The van der Waals surface area contributed by atoms with Gasteiger partial charge in [-0.3, -0.25) is 4.79 Å². The lowest BCUT2D eigenvalue weighted by Gasteiger charge is -2.42. The molecule has 4 heteroatoms. The average molecular weight is 374 g/mol. The van der Waals surface area contributed by atoms with Gasteiger partial charge in [0.25, 0.3) is 5.91 Å². The SMILES string of the molecule is Cc1cccc2cc(C(=O)N3CCC4(CC3)c3ccccc3C[C@H]4O)n(C)c12. The second-order valence-electron chi connectivity index (χ2n) is 8.43. The van der Waals surface area contributed by atoms with E-state index in [2.05, 4.69) is 37.3 Å². The Morgan fingerprint density at radius 1 is 1.11 bits per heavy atom. The number of rotatable bonds is 1. The molecule has 1 aliphatic heterocycles. The monoisotopic (exact) mass is 374 g/mol. The summed E-state index contributed by atoms with van der Waals surface area (Å²) in [7, 11) is 1.98. The highest BCUT2D eigenvalue weighted by Gasteiger charge is 2.48. The van der Waals surface area contributed by atoms with E-state index in [1.165, 1.54) is 16.7 Å². The van der Waals surface area contributed by atoms with Gasteiger partial charge in [-0.25, -0.2) is 0 Å². The van der Waals surface area contributed by atoms with Crippen molar-refractivity contribution in [1.82, 2.24) is 9.47 Å². The van der Waals surface area contributed by atoms with Gasteiger partial charge in [0, 0.05) is 30.9 Å². The van der Waals surface area contributed by atoms with Crippen molar-refractivity contribution < 1.29 is 9.90 Å². The van der Waals surface area contributed by atoms with Gasteiger partial charge < -0.3 is 14.6 Å². The van der Waals surface area contributed by atoms with Gasteiger partial charge in [0.05, 0.1) is 11.6 Å². The Morgan fingerprint density at radius 3 is 2.61 bits per heavy atom. The lowest BCUT2D eigenvalue weighted by molar-refractivity contribution is 0.0361. The van der Waals surface area contributed by atoms with Crippen molar-refractivity contribution in [3.05, 3.63) is 70.9 Å². The third-order valence-corrected chi connectivity index (χ3v) is 7.02. The molecule has 1 spiro atoms. The molecule has 2 aromatic carbocycles. The first-order valence-corrected chi connectivity index (χ1v) is 10.1. The number of piperidine rings is 1. The Morgan fingerprint density at radius 2 is 1.86 bits per heavy atom. The standard InChI is InChI=1S/C24H26N2O2/c1-16-6-5-8-18-14-20(25(2)22(16)18)23(28)26-12-10-24(11-13-26)19-9-4-3-7-17(19)15-21(24)27/h3-9,14,21,27H,10-13,15H2,1-2H3/t21-/m1/s1. The van der Waals surface area contributed by atoms with Crippen LogP contribution in [0.15, 0.2) is 48.5 Å². The average Bonchev–Trinajstić information content (AvgIpc) is 3.18. The van der Waals surface area contributed by atoms with Crippen LogP contribution in [-0.2, 0) is 18.9 Å². The third kappa shape index (κ3) is 2.37. The molecule has 5 rings (SSSR count). The van der Waals surface area contributed by atoms with E-state index in [-0.39, 0.29) is 17.4 Å². The zero-order valence-electron chi connectivity index (χ0n) is 16.5. The maximum Gasteiger partial charge on any atom is 0.270 e. The van der Waals surface area contributed by atoms with Crippen LogP contribution in [0.5, 0.6) is 0 Å². The van der Waals surface area contributed by atoms with Crippen LogP contribution in [0.4, 0.5) is 0 Å². The molecule has 2 aliphatic rings. The molecular weight excluding hydrogens is 348 g/mol. The number of amides is 1. The number of carbonyl (C=O) groups excluding carboxylic acids is 1. The second kappa shape index (κ2) is 6.21. The number of hydrogen-bond donors (Lipinski definition) is 1. The molecular formula is C24H26N2O2. The van der Waals surface area contributed by atoms with Gasteiger partial charge in [0.2, 0.25) is 0 Å². The lowest BCUT2D eigenvalue weighted by Crippen LogP contribution is -2.49. The minimum atomic E-state index is -0.345. The molecule has 144 valence electrons. The van der Waals surface area contributed by atoms with Gasteiger partial charge in [-0.05, 0) is 48.9 Å². The smallest absolute Gasteiger partial charge is 0.270 e. The summed E-state index contributed by atoms with van der Waals surface area (Å²) in [5, 5.41) is 11.9. The Hall–Kier alpha value is -2.59. The highest BCUT2D eigenvalue weighted by atomic mass is 16.3. The number of carbonyl (C=O) groups is 1. The van der Waals surface area contributed by atoms with Crippen molar-refractivity contribution in [3.8, 4) is 0 Å². The highest BCUT2D eigenvalue weighted by Crippen LogP contribution is 2.46. The summed E-state index contributed by atoms with van der Waals surface area (Å²) in [6, 6.07) is 16.6. The maximum absolute atomic E-state index is 13.3. The van der Waals surface area contributed by atoms with E-state index in [1.807, 2.05) is 34.7 Å². The Balaban J connectivity index is 1.42. The topological polar surface area (TPSA) is 45.5 Å². The van der Waals surface area contributed by atoms with E-state index in [9.17, 15) is 9.90 Å². The summed E-state index contributed by atoms with van der Waals surface area (Å²) in [6.45, 7) is 3.45. The molecule has 4 nitrogen and oxygen atoms in total. The first-order chi connectivity index (χ1) is 13.5. The quantitative estimate of drug-likeness (QED) is 0.708. The van der Waals surface area contributed by atoms with Crippen molar-refractivity contribution in [1.29, 1.82) is 0 Å². The van der Waals surface area contributed by atoms with Crippen LogP contribution in [0, 0.1) is 6.92 Å². The van der Waals surface area contributed by atoms with Gasteiger partial charge in [0.1, 0.15) is 5.69 Å². The van der Waals surface area contributed by atoms with Gasteiger partial charge >= 0.3 is 0 Å².